The number of rotatable bonds is 5. The van der Waals surface area contributed by atoms with E-state index in [4.69, 9.17) is 55.9 Å². The SMILES string of the molecule is COc1cccc(N2C[C@H](C(=O)Oc3cccc(N4C(=O)c5c(Cl)c(Cl)c(Cl)c(Cl)c5C4=O)c3)CC2=O)c1. The van der Waals surface area contributed by atoms with Crippen molar-refractivity contribution >= 4 is 81.5 Å². The second-order valence-corrected chi connectivity index (χ2v) is 9.99. The van der Waals surface area contributed by atoms with Gasteiger partial charge in [0, 0.05) is 30.8 Å². The maximum Gasteiger partial charge on any atom is 0.316 e. The van der Waals surface area contributed by atoms with E-state index in [1.54, 1.807) is 24.3 Å². The minimum atomic E-state index is -0.755. The minimum absolute atomic E-state index is 0.0351. The van der Waals surface area contributed by atoms with E-state index >= 15 is 0 Å². The highest BCUT2D eigenvalue weighted by Gasteiger charge is 2.43. The van der Waals surface area contributed by atoms with E-state index in [0.717, 1.165) is 4.90 Å². The molecule has 12 heteroatoms. The summed E-state index contributed by atoms with van der Waals surface area (Å²) in [5.41, 5.74) is 0.386. The predicted molar refractivity (Wildman–Crippen MR) is 143 cm³/mol. The number of fused-ring (bicyclic) bond motifs is 1. The van der Waals surface area contributed by atoms with Gasteiger partial charge >= 0.3 is 5.97 Å². The predicted octanol–water partition coefficient (Wildman–Crippen LogP) is 6.07. The van der Waals surface area contributed by atoms with E-state index in [0.29, 0.717) is 11.4 Å². The fourth-order valence-corrected chi connectivity index (χ4v) is 5.38. The Hall–Kier alpha value is -3.30. The van der Waals surface area contributed by atoms with Crippen molar-refractivity contribution in [2.45, 2.75) is 6.42 Å². The lowest BCUT2D eigenvalue weighted by atomic mass is 10.1. The van der Waals surface area contributed by atoms with Crippen molar-refractivity contribution < 1.29 is 28.7 Å². The number of benzene rings is 3. The first-order valence-corrected chi connectivity index (χ1v) is 12.6. The molecule has 2 aliphatic heterocycles. The van der Waals surface area contributed by atoms with Crippen molar-refractivity contribution in [1.29, 1.82) is 0 Å². The maximum atomic E-state index is 13.1. The molecular weight excluding hydrogens is 578 g/mol. The molecule has 3 aromatic carbocycles. The maximum absolute atomic E-state index is 13.1. The monoisotopic (exact) mass is 592 g/mol. The fourth-order valence-electron chi connectivity index (χ4n) is 4.36. The number of hydrogen-bond donors (Lipinski definition) is 0. The van der Waals surface area contributed by atoms with Crippen LogP contribution in [0.2, 0.25) is 20.1 Å². The van der Waals surface area contributed by atoms with Gasteiger partial charge in [-0.05, 0) is 24.3 Å². The zero-order valence-electron chi connectivity index (χ0n) is 19.5. The van der Waals surface area contributed by atoms with Crippen molar-refractivity contribution in [2.24, 2.45) is 5.92 Å². The average molecular weight is 594 g/mol. The number of carbonyl (C=O) groups is 4. The summed E-state index contributed by atoms with van der Waals surface area (Å²) in [5.74, 6) is -2.44. The van der Waals surface area contributed by atoms with E-state index in [1.807, 2.05) is 0 Å². The number of hydrogen-bond acceptors (Lipinski definition) is 6. The number of anilines is 2. The van der Waals surface area contributed by atoms with Gasteiger partial charge in [-0.1, -0.05) is 58.5 Å². The van der Waals surface area contributed by atoms with Crippen LogP contribution in [0.25, 0.3) is 0 Å². The molecule has 0 saturated carbocycles. The Morgan fingerprint density at radius 2 is 1.37 bits per heavy atom. The largest absolute Gasteiger partial charge is 0.497 e. The van der Waals surface area contributed by atoms with Gasteiger partial charge in [0.15, 0.2) is 0 Å². The van der Waals surface area contributed by atoms with E-state index in [2.05, 4.69) is 0 Å². The highest BCUT2D eigenvalue weighted by atomic mass is 35.5. The molecule has 0 spiro atoms. The number of carbonyl (C=O) groups excluding carboxylic acids is 4. The summed E-state index contributed by atoms with van der Waals surface area (Å²) in [6.45, 7) is 0.126. The molecule has 2 aliphatic rings. The summed E-state index contributed by atoms with van der Waals surface area (Å²) in [4.78, 5) is 54.2. The number of esters is 1. The summed E-state index contributed by atoms with van der Waals surface area (Å²) < 4.78 is 10.7. The molecule has 3 amide bonds. The Kier molecular flexibility index (Phi) is 7.00. The number of halogens is 4. The van der Waals surface area contributed by atoms with Gasteiger partial charge in [-0.2, -0.15) is 0 Å². The van der Waals surface area contributed by atoms with Crippen molar-refractivity contribution in [3.63, 3.8) is 0 Å². The summed E-state index contributed by atoms with van der Waals surface area (Å²) in [7, 11) is 1.52. The molecule has 3 aromatic rings. The van der Waals surface area contributed by atoms with Crippen molar-refractivity contribution in [2.75, 3.05) is 23.5 Å². The summed E-state index contributed by atoms with van der Waals surface area (Å²) >= 11 is 24.6. The van der Waals surface area contributed by atoms with Gasteiger partial charge in [-0.25, -0.2) is 4.90 Å². The standard InChI is InChI=1S/C26H16Cl4N2O6/c1-37-15-6-2-4-13(9-15)31-11-12(8-17(31)33)26(36)38-16-7-3-5-14(10-16)32-24(34)18-19(25(32)35)21(28)23(30)22(29)20(18)27/h2-7,9-10,12H,8,11H2,1H3/t12-/m1/s1. The molecule has 0 bridgehead atoms. The van der Waals surface area contributed by atoms with Gasteiger partial charge in [-0.3, -0.25) is 19.2 Å². The highest BCUT2D eigenvalue weighted by molar-refractivity contribution is 6.56. The van der Waals surface area contributed by atoms with Gasteiger partial charge < -0.3 is 14.4 Å². The molecule has 38 heavy (non-hydrogen) atoms. The van der Waals surface area contributed by atoms with E-state index in [9.17, 15) is 19.2 Å². The molecule has 0 radical (unpaired) electrons. The smallest absolute Gasteiger partial charge is 0.316 e. The second kappa shape index (κ2) is 10.1. The first-order chi connectivity index (χ1) is 18.1. The number of amides is 3. The molecule has 0 aliphatic carbocycles. The van der Waals surface area contributed by atoms with Crippen LogP contribution < -0.4 is 19.3 Å². The third kappa shape index (κ3) is 4.37. The summed E-state index contributed by atoms with van der Waals surface area (Å²) in [5, 5.41) is -0.661. The van der Waals surface area contributed by atoms with Gasteiger partial charge in [-0.15, -0.1) is 0 Å². The molecule has 2 heterocycles. The van der Waals surface area contributed by atoms with Gasteiger partial charge in [0.05, 0.1) is 49.9 Å². The van der Waals surface area contributed by atoms with Crippen LogP contribution in [0.3, 0.4) is 0 Å². The average Bonchev–Trinajstić information content (AvgIpc) is 3.43. The van der Waals surface area contributed by atoms with E-state index in [-0.39, 0.29) is 61.5 Å². The summed E-state index contributed by atoms with van der Waals surface area (Å²) in [6.07, 6.45) is -0.0351. The third-order valence-electron chi connectivity index (χ3n) is 6.22. The zero-order chi connectivity index (χ0) is 27.3. The van der Waals surface area contributed by atoms with Crippen LogP contribution in [0, 0.1) is 5.92 Å². The first-order valence-electron chi connectivity index (χ1n) is 11.1. The number of methoxy groups -OCH3 is 1. The lowest BCUT2D eigenvalue weighted by Crippen LogP contribution is -2.29. The molecule has 194 valence electrons. The molecule has 0 unspecified atom stereocenters. The second-order valence-electron chi connectivity index (χ2n) is 8.48. The molecule has 5 rings (SSSR count). The van der Waals surface area contributed by atoms with Crippen LogP contribution in [0.1, 0.15) is 27.1 Å². The van der Waals surface area contributed by atoms with Crippen LogP contribution in [0.15, 0.2) is 48.5 Å². The third-order valence-corrected chi connectivity index (χ3v) is 8.02. The van der Waals surface area contributed by atoms with Crippen LogP contribution in [-0.2, 0) is 9.59 Å². The molecule has 0 N–H and O–H groups in total. The Labute approximate surface area is 236 Å². The Morgan fingerprint density at radius 1 is 0.816 bits per heavy atom. The van der Waals surface area contributed by atoms with Crippen molar-refractivity contribution in [1.82, 2.24) is 0 Å². The van der Waals surface area contributed by atoms with Gasteiger partial charge in [0.25, 0.3) is 11.8 Å². The lowest BCUT2D eigenvalue weighted by molar-refractivity contribution is -0.139. The number of ether oxygens (including phenoxy) is 2. The van der Waals surface area contributed by atoms with Crippen molar-refractivity contribution in [3.8, 4) is 11.5 Å². The van der Waals surface area contributed by atoms with E-state index in [1.165, 1.54) is 36.3 Å². The first kappa shape index (κ1) is 26.3. The topological polar surface area (TPSA) is 93.2 Å². The van der Waals surface area contributed by atoms with Gasteiger partial charge in [0.2, 0.25) is 5.91 Å². The fraction of sp³-hybridized carbons (Fsp3) is 0.154. The Morgan fingerprint density at radius 3 is 1.97 bits per heavy atom. The molecule has 1 fully saturated rings. The van der Waals surface area contributed by atoms with Crippen LogP contribution in [-0.4, -0.2) is 37.3 Å². The molecular formula is C26H16Cl4N2O6. The normalized spacial score (nSPS) is 16.8. The quantitative estimate of drug-likeness (QED) is 0.117. The number of imide groups is 1. The van der Waals surface area contributed by atoms with Crippen LogP contribution >= 0.6 is 46.4 Å². The zero-order valence-corrected chi connectivity index (χ0v) is 22.5. The lowest BCUT2D eigenvalue weighted by Gasteiger charge is -2.17. The van der Waals surface area contributed by atoms with Crippen LogP contribution in [0.4, 0.5) is 11.4 Å². The number of nitrogens with zero attached hydrogens (tertiary/aromatic N) is 2. The molecule has 8 nitrogen and oxygen atoms in total. The van der Waals surface area contributed by atoms with Gasteiger partial charge in [0.1, 0.15) is 11.5 Å². The van der Waals surface area contributed by atoms with Crippen molar-refractivity contribution in [3.05, 3.63) is 79.7 Å². The molecule has 1 atom stereocenters. The minimum Gasteiger partial charge on any atom is -0.497 e. The molecule has 0 aromatic heterocycles. The molecule has 1 saturated heterocycles. The Balaban J connectivity index is 1.36. The highest BCUT2D eigenvalue weighted by Crippen LogP contribution is 2.46. The van der Waals surface area contributed by atoms with E-state index < -0.39 is 23.7 Å². The Bertz CT molecular complexity index is 1500. The van der Waals surface area contributed by atoms with Crippen LogP contribution in [0.5, 0.6) is 11.5 Å². The summed E-state index contributed by atoms with van der Waals surface area (Å²) in [6, 6.07) is 12.8.